The summed E-state index contributed by atoms with van der Waals surface area (Å²) in [7, 11) is 0. The SMILES string of the molecule is NCC(F)(F)CNC(=O)c1ccc(C(F)(F)F)cc1. The second-order valence-electron chi connectivity index (χ2n) is 3.82. The molecule has 19 heavy (non-hydrogen) atoms. The first-order valence-electron chi connectivity index (χ1n) is 5.19. The van der Waals surface area contributed by atoms with Gasteiger partial charge in [-0.15, -0.1) is 0 Å². The molecule has 0 aromatic heterocycles. The van der Waals surface area contributed by atoms with E-state index < -0.39 is 36.7 Å². The zero-order chi connectivity index (χ0) is 14.7. The summed E-state index contributed by atoms with van der Waals surface area (Å²) in [5.41, 5.74) is 3.71. The summed E-state index contributed by atoms with van der Waals surface area (Å²) in [4.78, 5) is 11.4. The normalized spacial score (nSPS) is 12.3. The van der Waals surface area contributed by atoms with E-state index in [0.717, 1.165) is 12.1 Å². The lowest BCUT2D eigenvalue weighted by molar-refractivity contribution is -0.137. The Labute approximate surface area is 105 Å². The smallest absolute Gasteiger partial charge is 0.346 e. The van der Waals surface area contributed by atoms with E-state index in [9.17, 15) is 26.7 Å². The summed E-state index contributed by atoms with van der Waals surface area (Å²) in [5, 5.41) is 1.90. The van der Waals surface area contributed by atoms with Gasteiger partial charge in [-0.1, -0.05) is 0 Å². The molecule has 0 atom stereocenters. The van der Waals surface area contributed by atoms with E-state index in [1.807, 2.05) is 5.32 Å². The maximum atomic E-state index is 12.8. The van der Waals surface area contributed by atoms with Crippen molar-refractivity contribution in [3.8, 4) is 0 Å². The van der Waals surface area contributed by atoms with Crippen molar-refractivity contribution < 1.29 is 26.7 Å². The molecule has 0 saturated heterocycles. The van der Waals surface area contributed by atoms with Crippen molar-refractivity contribution in [2.24, 2.45) is 5.73 Å². The number of halogens is 5. The molecule has 0 bridgehead atoms. The molecule has 0 aliphatic heterocycles. The Morgan fingerprint density at radius 3 is 2.05 bits per heavy atom. The van der Waals surface area contributed by atoms with Crippen molar-refractivity contribution in [3.05, 3.63) is 35.4 Å². The standard InChI is InChI=1S/C11H11F5N2O/c12-10(13,5-17)6-18-9(19)7-1-3-8(4-2-7)11(14,15)16/h1-4H,5-6,17H2,(H,18,19). The molecule has 0 saturated carbocycles. The molecule has 1 amide bonds. The Bertz CT molecular complexity index is 441. The van der Waals surface area contributed by atoms with E-state index in [2.05, 4.69) is 0 Å². The van der Waals surface area contributed by atoms with Crippen LogP contribution in [-0.2, 0) is 6.18 Å². The number of benzene rings is 1. The van der Waals surface area contributed by atoms with Gasteiger partial charge < -0.3 is 11.1 Å². The molecular formula is C11H11F5N2O. The van der Waals surface area contributed by atoms with Crippen LogP contribution in [0, 0.1) is 0 Å². The fourth-order valence-electron chi connectivity index (χ4n) is 1.19. The Kier molecular flexibility index (Phi) is 4.46. The van der Waals surface area contributed by atoms with Crippen molar-refractivity contribution in [1.82, 2.24) is 5.32 Å². The van der Waals surface area contributed by atoms with Crippen LogP contribution in [0.4, 0.5) is 22.0 Å². The van der Waals surface area contributed by atoms with Gasteiger partial charge in [0.25, 0.3) is 11.8 Å². The monoisotopic (exact) mass is 282 g/mol. The molecule has 0 unspecified atom stereocenters. The van der Waals surface area contributed by atoms with Gasteiger partial charge in [-0.05, 0) is 24.3 Å². The van der Waals surface area contributed by atoms with Gasteiger partial charge in [0.05, 0.1) is 18.7 Å². The Balaban J connectivity index is 2.69. The van der Waals surface area contributed by atoms with Crippen molar-refractivity contribution in [1.29, 1.82) is 0 Å². The summed E-state index contributed by atoms with van der Waals surface area (Å²) < 4.78 is 62.3. The number of hydrogen-bond donors (Lipinski definition) is 2. The van der Waals surface area contributed by atoms with Gasteiger partial charge in [-0.25, -0.2) is 8.78 Å². The Morgan fingerprint density at radius 2 is 1.63 bits per heavy atom. The highest BCUT2D eigenvalue weighted by molar-refractivity contribution is 5.94. The number of carbonyl (C=O) groups is 1. The average molecular weight is 282 g/mol. The summed E-state index contributed by atoms with van der Waals surface area (Å²) in [6.07, 6.45) is -4.51. The van der Waals surface area contributed by atoms with Gasteiger partial charge in [0.15, 0.2) is 0 Å². The van der Waals surface area contributed by atoms with Gasteiger partial charge in [0.2, 0.25) is 0 Å². The van der Waals surface area contributed by atoms with Gasteiger partial charge in [-0.2, -0.15) is 13.2 Å². The average Bonchev–Trinajstić information content (AvgIpc) is 2.35. The molecule has 1 rings (SSSR count). The van der Waals surface area contributed by atoms with E-state index in [1.54, 1.807) is 0 Å². The lowest BCUT2D eigenvalue weighted by Gasteiger charge is -2.14. The number of alkyl halides is 5. The minimum Gasteiger partial charge on any atom is -0.346 e. The number of amides is 1. The molecule has 3 N–H and O–H groups in total. The molecule has 1 aromatic rings. The second kappa shape index (κ2) is 5.52. The van der Waals surface area contributed by atoms with Crippen LogP contribution in [0.15, 0.2) is 24.3 Å². The molecule has 0 radical (unpaired) electrons. The lowest BCUT2D eigenvalue weighted by atomic mass is 10.1. The number of carbonyl (C=O) groups excluding carboxylic acids is 1. The first-order valence-corrected chi connectivity index (χ1v) is 5.19. The summed E-state index contributed by atoms with van der Waals surface area (Å²) in [6.45, 7) is -1.90. The molecule has 106 valence electrons. The molecule has 0 spiro atoms. The third-order valence-corrected chi connectivity index (χ3v) is 2.28. The number of nitrogens with two attached hydrogens (primary N) is 1. The number of nitrogens with one attached hydrogen (secondary N) is 1. The van der Waals surface area contributed by atoms with Crippen LogP contribution in [0.5, 0.6) is 0 Å². The lowest BCUT2D eigenvalue weighted by Crippen LogP contribution is -2.41. The van der Waals surface area contributed by atoms with Crippen LogP contribution in [0.3, 0.4) is 0 Å². The molecule has 0 heterocycles. The number of hydrogen-bond acceptors (Lipinski definition) is 2. The molecule has 0 fully saturated rings. The van der Waals surface area contributed by atoms with Gasteiger partial charge in [0.1, 0.15) is 0 Å². The predicted octanol–water partition coefficient (Wildman–Crippen LogP) is 2.03. The predicted molar refractivity (Wildman–Crippen MR) is 57.8 cm³/mol. The molecule has 8 heteroatoms. The highest BCUT2D eigenvalue weighted by Crippen LogP contribution is 2.29. The largest absolute Gasteiger partial charge is 0.416 e. The maximum Gasteiger partial charge on any atom is 0.416 e. The van der Waals surface area contributed by atoms with Crippen LogP contribution >= 0.6 is 0 Å². The Hall–Kier alpha value is -1.70. The topological polar surface area (TPSA) is 55.1 Å². The molecular weight excluding hydrogens is 271 g/mol. The van der Waals surface area contributed by atoms with Crippen LogP contribution in [-0.4, -0.2) is 24.9 Å². The highest BCUT2D eigenvalue weighted by Gasteiger charge is 2.30. The van der Waals surface area contributed by atoms with E-state index in [1.165, 1.54) is 0 Å². The summed E-state index contributed by atoms with van der Waals surface area (Å²) >= 11 is 0. The second-order valence-corrected chi connectivity index (χ2v) is 3.82. The quantitative estimate of drug-likeness (QED) is 0.830. The molecule has 0 aliphatic rings. The maximum absolute atomic E-state index is 12.8. The van der Waals surface area contributed by atoms with E-state index in [-0.39, 0.29) is 5.56 Å². The van der Waals surface area contributed by atoms with Crippen LogP contribution < -0.4 is 11.1 Å². The van der Waals surface area contributed by atoms with Crippen LogP contribution in [0.1, 0.15) is 15.9 Å². The van der Waals surface area contributed by atoms with Crippen molar-refractivity contribution in [2.75, 3.05) is 13.1 Å². The minimum absolute atomic E-state index is 0.138. The van der Waals surface area contributed by atoms with E-state index in [0.29, 0.717) is 12.1 Å². The van der Waals surface area contributed by atoms with Crippen LogP contribution in [0.2, 0.25) is 0 Å². The minimum atomic E-state index is -4.51. The molecule has 1 aromatic carbocycles. The first kappa shape index (κ1) is 15.4. The third kappa shape index (κ3) is 4.47. The first-order chi connectivity index (χ1) is 8.65. The molecule has 0 aliphatic carbocycles. The van der Waals surface area contributed by atoms with Crippen molar-refractivity contribution in [2.45, 2.75) is 12.1 Å². The summed E-state index contributed by atoms with van der Waals surface area (Å²) in [6, 6.07) is 3.24. The van der Waals surface area contributed by atoms with Gasteiger partial charge in [0, 0.05) is 5.56 Å². The highest BCUT2D eigenvalue weighted by atomic mass is 19.4. The van der Waals surface area contributed by atoms with Crippen molar-refractivity contribution >= 4 is 5.91 Å². The Morgan fingerprint density at radius 1 is 1.11 bits per heavy atom. The fraction of sp³-hybridized carbons (Fsp3) is 0.364. The van der Waals surface area contributed by atoms with Crippen LogP contribution in [0.25, 0.3) is 0 Å². The fourth-order valence-corrected chi connectivity index (χ4v) is 1.19. The zero-order valence-corrected chi connectivity index (χ0v) is 9.60. The van der Waals surface area contributed by atoms with Gasteiger partial charge >= 0.3 is 6.18 Å². The van der Waals surface area contributed by atoms with E-state index >= 15 is 0 Å². The number of rotatable bonds is 4. The molecule has 3 nitrogen and oxygen atoms in total. The zero-order valence-electron chi connectivity index (χ0n) is 9.60. The van der Waals surface area contributed by atoms with Gasteiger partial charge in [-0.3, -0.25) is 4.79 Å². The van der Waals surface area contributed by atoms with Crippen molar-refractivity contribution in [3.63, 3.8) is 0 Å². The summed E-state index contributed by atoms with van der Waals surface area (Å²) in [5.74, 6) is -4.14. The third-order valence-electron chi connectivity index (χ3n) is 2.28. The van der Waals surface area contributed by atoms with E-state index in [4.69, 9.17) is 5.73 Å².